The first kappa shape index (κ1) is 21.1. The maximum absolute atomic E-state index is 12.9. The van der Waals surface area contributed by atoms with Crippen LogP contribution in [0, 0.1) is 0 Å². The van der Waals surface area contributed by atoms with Gasteiger partial charge in [-0.2, -0.15) is 0 Å². The molecule has 0 spiro atoms. The highest BCUT2D eigenvalue weighted by molar-refractivity contribution is 6.30. The van der Waals surface area contributed by atoms with Crippen LogP contribution in [0.5, 0.6) is 0 Å². The third-order valence-electron chi connectivity index (χ3n) is 4.45. The van der Waals surface area contributed by atoms with Crippen LogP contribution in [-0.4, -0.2) is 23.8 Å². The summed E-state index contributed by atoms with van der Waals surface area (Å²) in [7, 11) is 0. The molecule has 0 bridgehead atoms. The van der Waals surface area contributed by atoms with Gasteiger partial charge in [0.25, 0.3) is 5.91 Å². The molecule has 3 aromatic rings. The maximum atomic E-state index is 12.9. The lowest BCUT2D eigenvalue weighted by molar-refractivity contribution is -0.118. The number of nitrogens with one attached hydrogen (secondary N) is 2. The Morgan fingerprint density at radius 2 is 1.43 bits per heavy atom. The monoisotopic (exact) mass is 421 g/mol. The molecule has 6 nitrogen and oxygen atoms in total. The molecule has 0 saturated carbocycles. The number of carbonyl (C=O) groups excluding carboxylic acids is 3. The van der Waals surface area contributed by atoms with Crippen LogP contribution in [0.3, 0.4) is 0 Å². The molecule has 0 heterocycles. The van der Waals surface area contributed by atoms with Gasteiger partial charge in [0.15, 0.2) is 0 Å². The zero-order valence-corrected chi connectivity index (χ0v) is 16.7. The first-order valence-electron chi connectivity index (χ1n) is 9.23. The molecule has 0 aromatic heterocycles. The van der Waals surface area contributed by atoms with Crippen molar-refractivity contribution in [2.45, 2.75) is 12.5 Å². The van der Waals surface area contributed by atoms with E-state index in [0.717, 1.165) is 5.56 Å². The Balaban J connectivity index is 1.77. The summed E-state index contributed by atoms with van der Waals surface area (Å²) in [5.74, 6) is -1.31. The Labute approximate surface area is 179 Å². The van der Waals surface area contributed by atoms with E-state index in [1.807, 2.05) is 30.3 Å². The van der Waals surface area contributed by atoms with Crippen LogP contribution < -0.4 is 16.4 Å². The van der Waals surface area contributed by atoms with Crippen molar-refractivity contribution < 1.29 is 14.4 Å². The van der Waals surface area contributed by atoms with Crippen molar-refractivity contribution in [2.24, 2.45) is 5.73 Å². The minimum atomic E-state index is -0.814. The first-order chi connectivity index (χ1) is 14.4. The van der Waals surface area contributed by atoms with Crippen LogP contribution in [0.2, 0.25) is 5.02 Å². The Bertz CT molecular complexity index is 1040. The number of primary amides is 1. The third kappa shape index (κ3) is 5.68. The summed E-state index contributed by atoms with van der Waals surface area (Å²) < 4.78 is 0. The highest BCUT2D eigenvalue weighted by atomic mass is 35.5. The second-order valence-corrected chi connectivity index (χ2v) is 7.09. The molecule has 4 N–H and O–H groups in total. The zero-order valence-electron chi connectivity index (χ0n) is 16.0. The van der Waals surface area contributed by atoms with Crippen molar-refractivity contribution in [2.75, 3.05) is 5.32 Å². The van der Waals surface area contributed by atoms with Gasteiger partial charge in [-0.3, -0.25) is 14.4 Å². The summed E-state index contributed by atoms with van der Waals surface area (Å²) in [6, 6.07) is 21.2. The molecular formula is C23H20ClN3O3. The molecule has 30 heavy (non-hydrogen) atoms. The molecule has 0 saturated heterocycles. The largest absolute Gasteiger partial charge is 0.366 e. The Morgan fingerprint density at radius 1 is 0.833 bits per heavy atom. The normalized spacial score (nSPS) is 11.4. The van der Waals surface area contributed by atoms with Crippen molar-refractivity contribution >= 4 is 35.0 Å². The second-order valence-electron chi connectivity index (χ2n) is 6.65. The lowest BCUT2D eigenvalue weighted by Gasteiger charge is -2.19. The van der Waals surface area contributed by atoms with E-state index < -0.39 is 11.9 Å². The number of hydrogen-bond acceptors (Lipinski definition) is 3. The van der Waals surface area contributed by atoms with Gasteiger partial charge in [-0.05, 0) is 54.1 Å². The van der Waals surface area contributed by atoms with Gasteiger partial charge in [0.05, 0.1) is 0 Å². The number of hydrogen-bond donors (Lipinski definition) is 3. The molecule has 7 heteroatoms. The minimum absolute atomic E-state index is 0.311. The van der Waals surface area contributed by atoms with Crippen molar-refractivity contribution in [3.63, 3.8) is 0 Å². The van der Waals surface area contributed by atoms with Crippen LogP contribution in [0.4, 0.5) is 5.69 Å². The summed E-state index contributed by atoms with van der Waals surface area (Å²) in [4.78, 5) is 36.8. The van der Waals surface area contributed by atoms with Gasteiger partial charge in [0.1, 0.15) is 6.04 Å². The van der Waals surface area contributed by atoms with E-state index in [-0.39, 0.29) is 11.8 Å². The summed E-state index contributed by atoms with van der Waals surface area (Å²) in [5.41, 5.74) is 7.36. The predicted molar refractivity (Wildman–Crippen MR) is 116 cm³/mol. The van der Waals surface area contributed by atoms with E-state index in [9.17, 15) is 14.4 Å². The molecule has 3 amide bonds. The van der Waals surface area contributed by atoms with Crippen LogP contribution in [0.25, 0.3) is 0 Å². The first-order valence-corrected chi connectivity index (χ1v) is 9.61. The standard InChI is InChI=1S/C23H20ClN3O3/c24-18-10-6-17(7-11-18)22(29)27-20(14-15-4-2-1-3-5-15)23(30)26-19-12-8-16(9-13-19)21(25)28/h1-13,20H,14H2,(H2,25,28)(H,26,30)(H,27,29)/t20-/m1/s1. The van der Waals surface area contributed by atoms with Crippen LogP contribution in [0.15, 0.2) is 78.9 Å². The lowest BCUT2D eigenvalue weighted by Crippen LogP contribution is -2.45. The molecule has 0 aliphatic carbocycles. The van der Waals surface area contributed by atoms with Crippen molar-refractivity contribution in [3.05, 3.63) is 101 Å². The number of amides is 3. The summed E-state index contributed by atoms with van der Waals surface area (Å²) in [6.07, 6.45) is 0.311. The van der Waals surface area contributed by atoms with Crippen molar-refractivity contribution in [1.29, 1.82) is 0 Å². The van der Waals surface area contributed by atoms with Crippen molar-refractivity contribution in [3.8, 4) is 0 Å². The fourth-order valence-corrected chi connectivity index (χ4v) is 2.98. The number of halogens is 1. The summed E-state index contributed by atoms with van der Waals surface area (Å²) in [5, 5.41) is 6.07. The van der Waals surface area contributed by atoms with E-state index in [4.69, 9.17) is 17.3 Å². The van der Waals surface area contributed by atoms with E-state index in [0.29, 0.717) is 28.3 Å². The number of benzene rings is 3. The highest BCUT2D eigenvalue weighted by Gasteiger charge is 2.22. The molecule has 0 fully saturated rings. The van der Waals surface area contributed by atoms with Crippen LogP contribution >= 0.6 is 11.6 Å². The van der Waals surface area contributed by atoms with Crippen LogP contribution in [0.1, 0.15) is 26.3 Å². The SMILES string of the molecule is NC(=O)c1ccc(NC(=O)[C@@H](Cc2ccccc2)NC(=O)c2ccc(Cl)cc2)cc1. The molecule has 0 radical (unpaired) electrons. The number of rotatable bonds is 7. The Morgan fingerprint density at radius 3 is 2.03 bits per heavy atom. The molecule has 0 unspecified atom stereocenters. The smallest absolute Gasteiger partial charge is 0.251 e. The Hall–Kier alpha value is -3.64. The average molecular weight is 422 g/mol. The molecular weight excluding hydrogens is 402 g/mol. The fourth-order valence-electron chi connectivity index (χ4n) is 2.85. The van der Waals surface area contributed by atoms with Gasteiger partial charge in [0, 0.05) is 28.3 Å². The number of anilines is 1. The summed E-state index contributed by atoms with van der Waals surface area (Å²) >= 11 is 5.88. The van der Waals surface area contributed by atoms with E-state index in [2.05, 4.69) is 10.6 Å². The molecule has 0 aliphatic rings. The van der Waals surface area contributed by atoms with Gasteiger partial charge < -0.3 is 16.4 Å². The predicted octanol–water partition coefficient (Wildman–Crippen LogP) is 3.42. The quantitative estimate of drug-likeness (QED) is 0.544. The lowest BCUT2D eigenvalue weighted by atomic mass is 10.0. The third-order valence-corrected chi connectivity index (χ3v) is 4.70. The fraction of sp³-hybridized carbons (Fsp3) is 0.0870. The maximum Gasteiger partial charge on any atom is 0.251 e. The molecule has 1 atom stereocenters. The van der Waals surface area contributed by atoms with Gasteiger partial charge in [-0.1, -0.05) is 41.9 Å². The molecule has 152 valence electrons. The summed E-state index contributed by atoms with van der Waals surface area (Å²) in [6.45, 7) is 0. The highest BCUT2D eigenvalue weighted by Crippen LogP contribution is 2.13. The number of carbonyl (C=O) groups is 3. The van der Waals surface area contributed by atoms with E-state index in [1.165, 1.54) is 12.1 Å². The molecule has 0 aliphatic heterocycles. The zero-order chi connectivity index (χ0) is 21.5. The molecule has 3 rings (SSSR count). The van der Waals surface area contributed by atoms with Gasteiger partial charge in [0.2, 0.25) is 11.8 Å². The average Bonchev–Trinajstić information content (AvgIpc) is 2.74. The van der Waals surface area contributed by atoms with Gasteiger partial charge in [-0.15, -0.1) is 0 Å². The van der Waals surface area contributed by atoms with Crippen LogP contribution in [-0.2, 0) is 11.2 Å². The minimum Gasteiger partial charge on any atom is -0.366 e. The van der Waals surface area contributed by atoms with Gasteiger partial charge in [-0.25, -0.2) is 0 Å². The second kappa shape index (κ2) is 9.71. The topological polar surface area (TPSA) is 101 Å². The molecule has 3 aromatic carbocycles. The van der Waals surface area contributed by atoms with E-state index in [1.54, 1.807) is 36.4 Å². The van der Waals surface area contributed by atoms with Crippen molar-refractivity contribution in [1.82, 2.24) is 5.32 Å². The van der Waals surface area contributed by atoms with Gasteiger partial charge >= 0.3 is 0 Å². The number of nitrogens with two attached hydrogens (primary N) is 1. The Kier molecular flexibility index (Phi) is 6.83. The van der Waals surface area contributed by atoms with E-state index >= 15 is 0 Å².